The topological polar surface area (TPSA) is 34.1 Å². The second kappa shape index (κ2) is 4.26. The van der Waals surface area contributed by atoms with Gasteiger partial charge in [-0.2, -0.15) is 0 Å². The molecule has 0 saturated carbocycles. The zero-order valence-electron chi connectivity index (χ0n) is 6.64. The average Bonchev–Trinajstić information content (AvgIpc) is 2.06. The SMILES string of the molecule is [CH2]C(Cc1ccccc1)[SH](=O)=O. The van der Waals surface area contributed by atoms with Crippen molar-refractivity contribution in [2.45, 2.75) is 11.7 Å². The molecule has 1 rings (SSSR count). The van der Waals surface area contributed by atoms with Gasteiger partial charge in [0, 0.05) is 0 Å². The van der Waals surface area contributed by atoms with Crippen LogP contribution in [0.5, 0.6) is 0 Å². The van der Waals surface area contributed by atoms with Crippen molar-refractivity contribution in [2.75, 3.05) is 0 Å². The van der Waals surface area contributed by atoms with Crippen LogP contribution >= 0.6 is 0 Å². The van der Waals surface area contributed by atoms with Crippen LogP contribution in [0, 0.1) is 6.92 Å². The van der Waals surface area contributed by atoms with E-state index in [-0.39, 0.29) is 0 Å². The summed E-state index contributed by atoms with van der Waals surface area (Å²) >= 11 is 0. The van der Waals surface area contributed by atoms with Gasteiger partial charge in [-0.25, -0.2) is 8.42 Å². The predicted octanol–water partition coefficient (Wildman–Crippen LogP) is 1.04. The number of hydrogen-bond acceptors (Lipinski definition) is 2. The maximum atomic E-state index is 10.5. The normalized spacial score (nSPS) is 13.2. The second-order valence-electron chi connectivity index (χ2n) is 2.63. The Hall–Kier alpha value is -0.830. The zero-order valence-corrected chi connectivity index (χ0v) is 7.54. The third kappa shape index (κ3) is 2.66. The first-order valence-electron chi connectivity index (χ1n) is 3.70. The largest absolute Gasteiger partial charge is 0.232 e. The number of hydrogen-bond donors (Lipinski definition) is 1. The maximum Gasteiger partial charge on any atom is 0.143 e. The summed E-state index contributed by atoms with van der Waals surface area (Å²) in [6, 6.07) is 9.48. The first-order valence-corrected chi connectivity index (χ1v) is 4.95. The number of thiol groups is 1. The van der Waals surface area contributed by atoms with Crippen molar-refractivity contribution in [3.63, 3.8) is 0 Å². The fourth-order valence-electron chi connectivity index (χ4n) is 0.961. The molecule has 0 heterocycles. The molecule has 65 valence electrons. The highest BCUT2D eigenvalue weighted by molar-refractivity contribution is 7.73. The zero-order chi connectivity index (χ0) is 8.97. The molecule has 1 atom stereocenters. The molecule has 0 spiro atoms. The first kappa shape index (κ1) is 9.26. The summed E-state index contributed by atoms with van der Waals surface area (Å²) in [7, 11) is -2.40. The Morgan fingerprint density at radius 1 is 1.25 bits per heavy atom. The van der Waals surface area contributed by atoms with Gasteiger partial charge >= 0.3 is 0 Å². The molecular formula is C9H11O2S. The minimum Gasteiger partial charge on any atom is -0.232 e. The smallest absolute Gasteiger partial charge is 0.143 e. The van der Waals surface area contributed by atoms with Gasteiger partial charge in [-0.05, 0) is 18.9 Å². The summed E-state index contributed by atoms with van der Waals surface area (Å²) in [4.78, 5) is 0. The molecule has 0 fully saturated rings. The Morgan fingerprint density at radius 3 is 2.33 bits per heavy atom. The van der Waals surface area contributed by atoms with Gasteiger partial charge in [0.2, 0.25) is 0 Å². The van der Waals surface area contributed by atoms with E-state index in [9.17, 15) is 8.42 Å². The van der Waals surface area contributed by atoms with Gasteiger partial charge in [0.25, 0.3) is 0 Å². The average molecular weight is 183 g/mol. The molecule has 12 heavy (non-hydrogen) atoms. The highest BCUT2D eigenvalue weighted by atomic mass is 32.2. The molecular weight excluding hydrogens is 172 g/mol. The Kier molecular flexibility index (Phi) is 3.29. The summed E-state index contributed by atoms with van der Waals surface area (Å²) in [5.41, 5.74) is 1.01. The van der Waals surface area contributed by atoms with Gasteiger partial charge in [-0.1, -0.05) is 30.3 Å². The Labute approximate surface area is 74.2 Å². The predicted molar refractivity (Wildman–Crippen MR) is 49.6 cm³/mol. The van der Waals surface area contributed by atoms with E-state index in [4.69, 9.17) is 0 Å². The van der Waals surface area contributed by atoms with Crippen LogP contribution < -0.4 is 0 Å². The molecule has 0 aliphatic carbocycles. The minimum absolute atomic E-state index is 0.500. The minimum atomic E-state index is -2.40. The van der Waals surface area contributed by atoms with Crippen LogP contribution in [0.15, 0.2) is 30.3 Å². The highest BCUT2D eigenvalue weighted by Crippen LogP contribution is 2.03. The lowest BCUT2D eigenvalue weighted by molar-refractivity contribution is 0.607. The molecule has 2 nitrogen and oxygen atoms in total. The van der Waals surface area contributed by atoms with Crippen molar-refractivity contribution in [3.05, 3.63) is 42.8 Å². The van der Waals surface area contributed by atoms with Crippen LogP contribution in [0.1, 0.15) is 5.56 Å². The Bertz CT molecular complexity index is 296. The van der Waals surface area contributed by atoms with E-state index in [0.29, 0.717) is 6.42 Å². The molecule has 0 amide bonds. The molecule has 1 aromatic rings. The van der Waals surface area contributed by atoms with Crippen molar-refractivity contribution >= 4 is 10.7 Å². The monoisotopic (exact) mass is 183 g/mol. The molecule has 0 bridgehead atoms. The molecule has 0 N–H and O–H groups in total. The molecule has 1 unspecified atom stereocenters. The number of rotatable bonds is 3. The lowest BCUT2D eigenvalue weighted by Gasteiger charge is -2.02. The Balaban J connectivity index is 2.64. The van der Waals surface area contributed by atoms with Gasteiger partial charge in [-0.3, -0.25) is 0 Å². The second-order valence-corrected chi connectivity index (χ2v) is 3.93. The lowest BCUT2D eigenvalue weighted by atomic mass is 10.1. The van der Waals surface area contributed by atoms with Crippen molar-refractivity contribution in [3.8, 4) is 0 Å². The Morgan fingerprint density at radius 2 is 1.83 bits per heavy atom. The highest BCUT2D eigenvalue weighted by Gasteiger charge is 2.04. The molecule has 1 radical (unpaired) electrons. The third-order valence-corrected chi connectivity index (χ3v) is 2.39. The van der Waals surface area contributed by atoms with Crippen molar-refractivity contribution in [1.29, 1.82) is 0 Å². The van der Waals surface area contributed by atoms with Crippen molar-refractivity contribution in [2.24, 2.45) is 0 Å². The summed E-state index contributed by atoms with van der Waals surface area (Å²) in [5, 5.41) is -0.512. The van der Waals surface area contributed by atoms with Gasteiger partial charge in [0.15, 0.2) is 0 Å². The van der Waals surface area contributed by atoms with E-state index in [1.807, 2.05) is 30.3 Å². The summed E-state index contributed by atoms with van der Waals surface area (Å²) < 4.78 is 21.0. The quantitative estimate of drug-likeness (QED) is 0.710. The van der Waals surface area contributed by atoms with E-state index >= 15 is 0 Å². The van der Waals surface area contributed by atoms with Gasteiger partial charge in [-0.15, -0.1) is 0 Å². The molecule has 0 aromatic heterocycles. The van der Waals surface area contributed by atoms with E-state index in [2.05, 4.69) is 6.92 Å². The first-order chi connectivity index (χ1) is 5.70. The van der Waals surface area contributed by atoms with Gasteiger partial charge < -0.3 is 0 Å². The van der Waals surface area contributed by atoms with Crippen LogP contribution in [0.2, 0.25) is 0 Å². The molecule has 1 aromatic carbocycles. The summed E-state index contributed by atoms with van der Waals surface area (Å²) in [6.45, 7) is 3.54. The van der Waals surface area contributed by atoms with Gasteiger partial charge in [0.1, 0.15) is 10.7 Å². The van der Waals surface area contributed by atoms with E-state index < -0.39 is 16.0 Å². The molecule has 0 saturated heterocycles. The molecule has 0 aliphatic heterocycles. The summed E-state index contributed by atoms with van der Waals surface area (Å²) in [6.07, 6.45) is 0.500. The lowest BCUT2D eigenvalue weighted by Crippen LogP contribution is -2.08. The summed E-state index contributed by atoms with van der Waals surface area (Å²) in [5.74, 6) is 0. The third-order valence-electron chi connectivity index (χ3n) is 1.61. The van der Waals surface area contributed by atoms with Crippen molar-refractivity contribution in [1.82, 2.24) is 0 Å². The fraction of sp³-hybridized carbons (Fsp3) is 0.222. The number of benzene rings is 1. The van der Waals surface area contributed by atoms with E-state index in [0.717, 1.165) is 5.56 Å². The van der Waals surface area contributed by atoms with Crippen LogP contribution in [0.25, 0.3) is 0 Å². The molecule has 3 heteroatoms. The molecule has 0 aliphatic rings. The van der Waals surface area contributed by atoms with Crippen LogP contribution in [-0.4, -0.2) is 13.7 Å². The van der Waals surface area contributed by atoms with E-state index in [1.165, 1.54) is 0 Å². The van der Waals surface area contributed by atoms with Crippen molar-refractivity contribution < 1.29 is 8.42 Å². The van der Waals surface area contributed by atoms with Crippen LogP contribution in [-0.2, 0) is 17.1 Å². The van der Waals surface area contributed by atoms with Crippen LogP contribution in [0.3, 0.4) is 0 Å². The maximum absolute atomic E-state index is 10.5. The fourth-order valence-corrected chi connectivity index (χ4v) is 1.32. The van der Waals surface area contributed by atoms with Gasteiger partial charge in [0.05, 0.1) is 5.25 Å². The van der Waals surface area contributed by atoms with E-state index in [1.54, 1.807) is 0 Å². The standard InChI is InChI=1S/C9H11O2S/c1-8(12(10)11)7-9-5-3-2-4-6-9/h2-6,8,12H,1,7H2. The van der Waals surface area contributed by atoms with Crippen LogP contribution in [0.4, 0.5) is 0 Å².